The fourth-order valence-electron chi connectivity index (χ4n) is 3.28. The highest BCUT2D eigenvalue weighted by molar-refractivity contribution is 5.04. The van der Waals surface area contributed by atoms with Crippen LogP contribution < -0.4 is 0 Å². The van der Waals surface area contributed by atoms with Crippen LogP contribution in [0.4, 0.5) is 0 Å². The first-order valence-electron chi connectivity index (χ1n) is 10.9. The Bertz CT molecular complexity index is 466. The van der Waals surface area contributed by atoms with Gasteiger partial charge in [-0.15, -0.1) is 0 Å². The Morgan fingerprint density at radius 1 is 0.654 bits per heavy atom. The molecule has 0 aromatic carbocycles. The third-order valence-corrected chi connectivity index (χ3v) is 5.10. The first-order chi connectivity index (χ1) is 12.3. The van der Waals surface area contributed by atoms with Gasteiger partial charge in [0.2, 0.25) is 0 Å². The van der Waals surface area contributed by atoms with E-state index in [0.717, 1.165) is 12.3 Å². The van der Waals surface area contributed by atoms with E-state index in [2.05, 4.69) is 72.8 Å². The highest BCUT2D eigenvalue weighted by atomic mass is 14.1. The molecule has 0 saturated heterocycles. The molecule has 0 N–H and O–H groups in total. The van der Waals surface area contributed by atoms with Crippen LogP contribution in [0.25, 0.3) is 0 Å². The molecule has 0 nitrogen and oxygen atoms in total. The Morgan fingerprint density at radius 2 is 1.19 bits per heavy atom. The summed E-state index contributed by atoms with van der Waals surface area (Å²) in [5, 5.41) is 0. The fraction of sp³-hybridized carbons (Fsp3) is 0.692. The smallest absolute Gasteiger partial charge is 0.0288 e. The van der Waals surface area contributed by atoms with Gasteiger partial charge in [-0.05, 0) is 98.3 Å². The molecule has 0 bridgehead atoms. The Kier molecular flexibility index (Phi) is 15.5. The third-order valence-electron chi connectivity index (χ3n) is 5.10. The summed E-state index contributed by atoms with van der Waals surface area (Å²) in [6.07, 6.45) is 22.2. The highest BCUT2D eigenvalue weighted by Gasteiger charge is 2.02. The molecule has 0 radical (unpaired) electrons. The average molecular weight is 359 g/mol. The molecular formula is C26H46. The quantitative estimate of drug-likeness (QED) is 0.271. The lowest BCUT2D eigenvalue weighted by Gasteiger charge is -2.10. The van der Waals surface area contributed by atoms with Crippen molar-refractivity contribution in [3.8, 4) is 0 Å². The lowest BCUT2D eigenvalue weighted by molar-refractivity contribution is 0.477. The van der Waals surface area contributed by atoms with E-state index >= 15 is 0 Å². The van der Waals surface area contributed by atoms with E-state index in [1.165, 1.54) is 68.9 Å². The summed E-state index contributed by atoms with van der Waals surface area (Å²) in [5.41, 5.74) is 6.11. The molecule has 0 heterocycles. The first kappa shape index (κ1) is 25.0. The second kappa shape index (κ2) is 16.2. The minimum atomic E-state index is 0.847. The van der Waals surface area contributed by atoms with Gasteiger partial charge >= 0.3 is 0 Å². The average Bonchev–Trinajstić information content (AvgIpc) is 2.54. The molecule has 0 saturated carbocycles. The van der Waals surface area contributed by atoms with Crippen molar-refractivity contribution in [2.45, 2.75) is 113 Å². The molecule has 0 amide bonds. The maximum atomic E-state index is 2.46. The molecule has 26 heavy (non-hydrogen) atoms. The lowest BCUT2D eigenvalue weighted by Crippen LogP contribution is -1.94. The van der Waals surface area contributed by atoms with Crippen LogP contribution in [-0.4, -0.2) is 0 Å². The maximum Gasteiger partial charge on any atom is -0.0288 e. The zero-order valence-electron chi connectivity index (χ0n) is 19.0. The van der Waals surface area contributed by atoms with Crippen LogP contribution >= 0.6 is 0 Å². The van der Waals surface area contributed by atoms with E-state index in [9.17, 15) is 0 Å². The van der Waals surface area contributed by atoms with E-state index in [4.69, 9.17) is 0 Å². The first-order valence-corrected chi connectivity index (χ1v) is 10.9. The number of hydrogen-bond donors (Lipinski definition) is 0. The van der Waals surface area contributed by atoms with E-state index < -0.39 is 0 Å². The van der Waals surface area contributed by atoms with Crippen molar-refractivity contribution in [1.29, 1.82) is 0 Å². The SMILES string of the molecule is CCC=C(C)CCC=C(C)CCCC(C)CCC=C(C)CCC=C(C)C. The Labute approximate surface area is 165 Å². The van der Waals surface area contributed by atoms with Gasteiger partial charge in [0, 0.05) is 0 Å². The lowest BCUT2D eigenvalue weighted by atomic mass is 9.96. The van der Waals surface area contributed by atoms with Gasteiger partial charge in [-0.1, -0.05) is 66.9 Å². The minimum Gasteiger partial charge on any atom is -0.0859 e. The van der Waals surface area contributed by atoms with Crippen LogP contribution in [-0.2, 0) is 0 Å². The van der Waals surface area contributed by atoms with Crippen molar-refractivity contribution in [3.63, 3.8) is 0 Å². The molecule has 0 fully saturated rings. The van der Waals surface area contributed by atoms with Gasteiger partial charge in [-0.25, -0.2) is 0 Å². The number of hydrogen-bond acceptors (Lipinski definition) is 0. The van der Waals surface area contributed by atoms with Gasteiger partial charge in [0.15, 0.2) is 0 Å². The predicted octanol–water partition coefficient (Wildman–Crippen LogP) is 9.35. The molecule has 0 aliphatic carbocycles. The van der Waals surface area contributed by atoms with E-state index in [1.54, 1.807) is 11.1 Å². The van der Waals surface area contributed by atoms with Crippen molar-refractivity contribution in [2.24, 2.45) is 5.92 Å². The van der Waals surface area contributed by atoms with Crippen molar-refractivity contribution in [1.82, 2.24) is 0 Å². The third kappa shape index (κ3) is 16.4. The van der Waals surface area contributed by atoms with Gasteiger partial charge in [0.1, 0.15) is 0 Å². The molecule has 0 aliphatic rings. The normalized spacial score (nSPS) is 14.5. The molecule has 1 unspecified atom stereocenters. The second-order valence-corrected chi connectivity index (χ2v) is 8.49. The van der Waals surface area contributed by atoms with Gasteiger partial charge in [-0.3, -0.25) is 0 Å². The molecule has 0 aromatic heterocycles. The van der Waals surface area contributed by atoms with Gasteiger partial charge in [0.25, 0.3) is 0 Å². The molecule has 150 valence electrons. The van der Waals surface area contributed by atoms with Gasteiger partial charge < -0.3 is 0 Å². The zero-order valence-corrected chi connectivity index (χ0v) is 19.0. The van der Waals surface area contributed by atoms with Gasteiger partial charge in [0.05, 0.1) is 0 Å². The van der Waals surface area contributed by atoms with Crippen LogP contribution in [0.5, 0.6) is 0 Å². The van der Waals surface area contributed by atoms with Crippen molar-refractivity contribution in [2.75, 3.05) is 0 Å². The molecule has 0 spiro atoms. The Balaban J connectivity index is 3.86. The molecule has 0 aromatic rings. The predicted molar refractivity (Wildman–Crippen MR) is 122 cm³/mol. The fourth-order valence-corrected chi connectivity index (χ4v) is 3.28. The summed E-state index contributed by atoms with van der Waals surface area (Å²) >= 11 is 0. The van der Waals surface area contributed by atoms with E-state index in [-0.39, 0.29) is 0 Å². The van der Waals surface area contributed by atoms with Crippen LogP contribution in [0.1, 0.15) is 113 Å². The summed E-state index contributed by atoms with van der Waals surface area (Å²) in [6.45, 7) is 15.9. The Morgan fingerprint density at radius 3 is 1.81 bits per heavy atom. The summed E-state index contributed by atoms with van der Waals surface area (Å²) in [6, 6.07) is 0. The highest BCUT2D eigenvalue weighted by Crippen LogP contribution is 2.19. The summed E-state index contributed by atoms with van der Waals surface area (Å²) in [7, 11) is 0. The molecule has 1 atom stereocenters. The molecule has 0 heteroatoms. The van der Waals surface area contributed by atoms with E-state index in [0.29, 0.717) is 0 Å². The zero-order chi connectivity index (χ0) is 19.8. The number of allylic oxidation sites excluding steroid dienone is 8. The summed E-state index contributed by atoms with van der Waals surface area (Å²) in [4.78, 5) is 0. The van der Waals surface area contributed by atoms with E-state index in [1.807, 2.05) is 0 Å². The number of rotatable bonds is 14. The standard InChI is InChI=1S/C26H46/c1-8-13-23(4)16-10-17-25(6)20-12-21-26(7)19-11-18-24(5)15-9-14-22(2)3/h13-14,17-18,26H,8-12,15-16,19-21H2,1-7H3. The van der Waals surface area contributed by atoms with Crippen LogP contribution in [0.2, 0.25) is 0 Å². The molecule has 0 aliphatic heterocycles. The topological polar surface area (TPSA) is 0 Å². The van der Waals surface area contributed by atoms with Crippen LogP contribution in [0.3, 0.4) is 0 Å². The van der Waals surface area contributed by atoms with Gasteiger partial charge in [-0.2, -0.15) is 0 Å². The maximum absolute atomic E-state index is 2.46. The van der Waals surface area contributed by atoms with Crippen molar-refractivity contribution >= 4 is 0 Å². The van der Waals surface area contributed by atoms with Crippen molar-refractivity contribution in [3.05, 3.63) is 46.6 Å². The van der Waals surface area contributed by atoms with Crippen molar-refractivity contribution < 1.29 is 0 Å². The summed E-state index contributed by atoms with van der Waals surface area (Å²) in [5.74, 6) is 0.847. The largest absolute Gasteiger partial charge is 0.0859 e. The monoisotopic (exact) mass is 358 g/mol. The molecule has 0 rings (SSSR count). The van der Waals surface area contributed by atoms with Crippen LogP contribution in [0, 0.1) is 5.92 Å². The Hall–Kier alpha value is -1.04. The van der Waals surface area contributed by atoms with Crippen LogP contribution in [0.15, 0.2) is 46.6 Å². The molecular weight excluding hydrogens is 312 g/mol. The minimum absolute atomic E-state index is 0.847. The summed E-state index contributed by atoms with van der Waals surface area (Å²) < 4.78 is 0. The second-order valence-electron chi connectivity index (χ2n) is 8.49.